The van der Waals surface area contributed by atoms with Gasteiger partial charge in [0.25, 0.3) is 11.8 Å². The van der Waals surface area contributed by atoms with Crippen molar-refractivity contribution in [1.29, 1.82) is 0 Å². The number of imidazole rings is 2. The first-order valence-electron chi connectivity index (χ1n) is 13.2. The Morgan fingerprint density at radius 1 is 0.674 bits per heavy atom. The van der Waals surface area contributed by atoms with Crippen LogP contribution in [0.2, 0.25) is 0 Å². The second-order valence-electron chi connectivity index (χ2n) is 10.5. The number of carboxylic acid groups (broad SMARTS) is 1. The van der Waals surface area contributed by atoms with Gasteiger partial charge >= 0.3 is 11.9 Å². The van der Waals surface area contributed by atoms with Gasteiger partial charge in [-0.1, -0.05) is 12.1 Å². The molecule has 2 aromatic carbocycles. The number of aromatic nitrogens is 4. The van der Waals surface area contributed by atoms with Gasteiger partial charge in [-0.2, -0.15) is 0 Å². The molecule has 0 aliphatic carbocycles. The van der Waals surface area contributed by atoms with Crippen LogP contribution in [0.1, 0.15) is 63.9 Å². The lowest BCUT2D eigenvalue weighted by atomic mass is 9.99. The van der Waals surface area contributed by atoms with Crippen molar-refractivity contribution in [3.05, 3.63) is 81.4 Å². The van der Waals surface area contributed by atoms with Crippen LogP contribution in [0.3, 0.4) is 0 Å². The topological polar surface area (TPSA) is 162 Å². The monoisotopic (exact) mass is 588 g/mol. The summed E-state index contributed by atoms with van der Waals surface area (Å²) in [6.45, 7) is 7.42. The molecule has 12 heteroatoms. The van der Waals surface area contributed by atoms with Crippen molar-refractivity contribution in [2.45, 2.75) is 27.7 Å². The molecule has 0 fully saturated rings. The summed E-state index contributed by atoms with van der Waals surface area (Å²) in [5, 5.41) is 9.20. The SMILES string of the molecule is COC(=O)c1cc(-c2ncc(C(=O)N(C)C)[nH]2)c(C)cc1C.Cc1cc(C)c(-c2ncc(C(=O)N(C)C)[nH]2)cc1C(=O)O. The Labute approximate surface area is 249 Å². The molecule has 0 saturated carbocycles. The van der Waals surface area contributed by atoms with Gasteiger partial charge in [-0.15, -0.1) is 0 Å². The van der Waals surface area contributed by atoms with E-state index in [0.29, 0.717) is 39.7 Å². The Morgan fingerprint density at radius 3 is 1.44 bits per heavy atom. The number of aryl methyl sites for hydroxylation is 4. The average Bonchev–Trinajstić information content (AvgIpc) is 3.62. The van der Waals surface area contributed by atoms with Crippen LogP contribution in [0.5, 0.6) is 0 Å². The fraction of sp³-hybridized carbons (Fsp3) is 0.290. The van der Waals surface area contributed by atoms with E-state index in [1.165, 1.54) is 29.3 Å². The summed E-state index contributed by atoms with van der Waals surface area (Å²) >= 11 is 0. The van der Waals surface area contributed by atoms with Crippen molar-refractivity contribution in [3.63, 3.8) is 0 Å². The molecular weight excluding hydrogens is 552 g/mol. The van der Waals surface area contributed by atoms with Gasteiger partial charge in [0.15, 0.2) is 0 Å². The molecule has 0 atom stereocenters. The van der Waals surface area contributed by atoms with E-state index in [1.54, 1.807) is 53.3 Å². The number of carbonyl (C=O) groups is 4. The van der Waals surface area contributed by atoms with Crippen LogP contribution in [-0.4, -0.2) is 93.9 Å². The van der Waals surface area contributed by atoms with Crippen LogP contribution in [0, 0.1) is 27.7 Å². The fourth-order valence-electron chi connectivity index (χ4n) is 4.39. The third-order valence-electron chi connectivity index (χ3n) is 6.71. The van der Waals surface area contributed by atoms with E-state index in [9.17, 15) is 24.3 Å². The highest BCUT2D eigenvalue weighted by Crippen LogP contribution is 2.26. The number of aromatic amines is 2. The second-order valence-corrected chi connectivity index (χ2v) is 10.5. The minimum absolute atomic E-state index is 0.156. The van der Waals surface area contributed by atoms with Crippen LogP contribution in [0.25, 0.3) is 22.8 Å². The van der Waals surface area contributed by atoms with Gasteiger partial charge in [0.05, 0.1) is 30.6 Å². The number of amides is 2. The zero-order valence-corrected chi connectivity index (χ0v) is 25.7. The quantitative estimate of drug-likeness (QED) is 0.281. The molecule has 2 heterocycles. The first-order chi connectivity index (χ1) is 20.2. The summed E-state index contributed by atoms with van der Waals surface area (Å²) in [5.41, 5.74) is 6.32. The molecule has 0 spiro atoms. The Balaban J connectivity index is 0.000000236. The largest absolute Gasteiger partial charge is 0.478 e. The molecule has 2 aromatic heterocycles. The number of rotatable bonds is 6. The first-order valence-corrected chi connectivity index (χ1v) is 13.2. The number of nitrogens with zero attached hydrogens (tertiary/aromatic N) is 4. The Kier molecular flexibility index (Phi) is 9.86. The zero-order chi connectivity index (χ0) is 32.2. The third-order valence-corrected chi connectivity index (χ3v) is 6.71. The average molecular weight is 589 g/mol. The number of benzene rings is 2. The Hall–Kier alpha value is -5.26. The van der Waals surface area contributed by atoms with Crippen molar-refractivity contribution in [3.8, 4) is 22.8 Å². The number of carbonyl (C=O) groups excluding carboxylic acids is 3. The molecule has 4 aromatic rings. The predicted octanol–water partition coefficient (Wildman–Crippen LogP) is 4.28. The van der Waals surface area contributed by atoms with Gasteiger partial charge in [0, 0.05) is 39.3 Å². The molecule has 0 saturated heterocycles. The number of nitrogens with one attached hydrogen (secondary N) is 2. The van der Waals surface area contributed by atoms with E-state index >= 15 is 0 Å². The van der Waals surface area contributed by atoms with Crippen molar-refractivity contribution in [2.24, 2.45) is 0 Å². The number of ether oxygens (including phenoxy) is 1. The summed E-state index contributed by atoms with van der Waals surface area (Å²) < 4.78 is 4.79. The van der Waals surface area contributed by atoms with Gasteiger partial charge in [-0.25, -0.2) is 19.6 Å². The number of esters is 1. The van der Waals surface area contributed by atoms with E-state index in [-0.39, 0.29) is 17.4 Å². The van der Waals surface area contributed by atoms with Crippen LogP contribution < -0.4 is 0 Å². The maximum absolute atomic E-state index is 11.9. The minimum atomic E-state index is -0.982. The van der Waals surface area contributed by atoms with Crippen molar-refractivity contribution in [1.82, 2.24) is 29.7 Å². The molecule has 2 amide bonds. The molecule has 0 aliphatic rings. The molecular formula is C31H36N6O6. The highest BCUT2D eigenvalue weighted by Gasteiger charge is 2.18. The van der Waals surface area contributed by atoms with E-state index < -0.39 is 11.9 Å². The normalized spacial score (nSPS) is 10.4. The maximum atomic E-state index is 11.9. The summed E-state index contributed by atoms with van der Waals surface area (Å²) in [4.78, 5) is 64.1. The van der Waals surface area contributed by atoms with Gasteiger partial charge in [-0.3, -0.25) is 9.59 Å². The highest BCUT2D eigenvalue weighted by atomic mass is 16.5. The molecule has 0 aliphatic heterocycles. The summed E-state index contributed by atoms with van der Waals surface area (Å²) in [5.74, 6) is -0.679. The van der Waals surface area contributed by atoms with E-state index in [0.717, 1.165) is 22.3 Å². The summed E-state index contributed by atoms with van der Waals surface area (Å²) in [6, 6.07) is 7.02. The fourth-order valence-corrected chi connectivity index (χ4v) is 4.39. The standard InChI is InChI=1S/C16H19N3O3.C15H17N3O3/c1-9-6-10(2)12(16(21)22-5)7-11(9)14-17-8-13(18-14)15(20)19(3)4;1-8-5-9(2)11(15(20)21)6-10(8)13-16-7-12(17-13)14(19)18(3)4/h6-8H,1-5H3,(H,17,18);5-7H,1-4H3,(H,16,17)(H,20,21). The van der Waals surface area contributed by atoms with Crippen molar-refractivity contribution >= 4 is 23.8 Å². The maximum Gasteiger partial charge on any atom is 0.338 e. The van der Waals surface area contributed by atoms with Crippen molar-refractivity contribution < 1.29 is 29.0 Å². The van der Waals surface area contributed by atoms with Crippen molar-refractivity contribution in [2.75, 3.05) is 35.3 Å². The first kappa shape index (κ1) is 32.3. The highest BCUT2D eigenvalue weighted by molar-refractivity contribution is 5.95. The number of H-pyrrole nitrogens is 2. The minimum Gasteiger partial charge on any atom is -0.478 e. The van der Waals surface area contributed by atoms with Gasteiger partial charge in [-0.05, 0) is 62.1 Å². The third kappa shape index (κ3) is 7.15. The number of hydrogen-bond acceptors (Lipinski definition) is 7. The van der Waals surface area contributed by atoms with Crippen LogP contribution in [0.4, 0.5) is 0 Å². The van der Waals surface area contributed by atoms with E-state index in [2.05, 4.69) is 19.9 Å². The number of methoxy groups -OCH3 is 1. The lowest BCUT2D eigenvalue weighted by Crippen LogP contribution is -2.21. The number of hydrogen-bond donors (Lipinski definition) is 3. The molecule has 4 rings (SSSR count). The Morgan fingerprint density at radius 2 is 1.07 bits per heavy atom. The van der Waals surface area contributed by atoms with Crippen LogP contribution in [0.15, 0.2) is 36.7 Å². The molecule has 3 N–H and O–H groups in total. The number of carboxylic acids is 1. The molecule has 226 valence electrons. The van der Waals surface area contributed by atoms with Gasteiger partial charge < -0.3 is 29.6 Å². The zero-order valence-electron chi connectivity index (χ0n) is 25.7. The lowest BCUT2D eigenvalue weighted by Gasteiger charge is -2.10. The smallest absolute Gasteiger partial charge is 0.338 e. The molecule has 0 radical (unpaired) electrons. The van der Waals surface area contributed by atoms with Gasteiger partial charge in [0.1, 0.15) is 23.0 Å². The van der Waals surface area contributed by atoms with Crippen LogP contribution in [-0.2, 0) is 4.74 Å². The molecule has 12 nitrogen and oxygen atoms in total. The Bertz CT molecular complexity index is 1700. The van der Waals surface area contributed by atoms with Crippen LogP contribution >= 0.6 is 0 Å². The second kappa shape index (κ2) is 13.1. The van der Waals surface area contributed by atoms with Gasteiger partial charge in [0.2, 0.25) is 0 Å². The lowest BCUT2D eigenvalue weighted by molar-refractivity contribution is 0.0598. The number of aromatic carboxylic acids is 1. The summed E-state index contributed by atoms with van der Waals surface area (Å²) in [7, 11) is 8.01. The predicted molar refractivity (Wildman–Crippen MR) is 161 cm³/mol. The molecule has 0 unspecified atom stereocenters. The van der Waals surface area contributed by atoms with E-state index in [1.807, 2.05) is 26.8 Å². The summed E-state index contributed by atoms with van der Waals surface area (Å²) in [6.07, 6.45) is 2.95. The van der Waals surface area contributed by atoms with E-state index in [4.69, 9.17) is 4.74 Å². The molecule has 0 bridgehead atoms. The molecule has 43 heavy (non-hydrogen) atoms.